The van der Waals surface area contributed by atoms with Crippen molar-refractivity contribution in [2.24, 2.45) is 0 Å². The first-order valence-corrected chi connectivity index (χ1v) is 9.07. The van der Waals surface area contributed by atoms with Crippen molar-refractivity contribution in [1.29, 1.82) is 0 Å². The lowest BCUT2D eigenvalue weighted by molar-refractivity contribution is -0.121. The summed E-state index contributed by atoms with van der Waals surface area (Å²) in [6.45, 7) is 2.56. The van der Waals surface area contributed by atoms with Crippen LogP contribution in [0.2, 0.25) is 0 Å². The second-order valence-corrected chi connectivity index (χ2v) is 6.83. The number of halogens is 1. The molecule has 1 heterocycles. The molecule has 0 saturated heterocycles. The van der Waals surface area contributed by atoms with Crippen LogP contribution in [0.3, 0.4) is 0 Å². The van der Waals surface area contributed by atoms with E-state index in [9.17, 15) is 9.18 Å². The molecule has 0 radical (unpaired) electrons. The first kappa shape index (κ1) is 16.8. The molecule has 3 rings (SSSR count). The van der Waals surface area contributed by atoms with Gasteiger partial charge in [-0.1, -0.05) is 12.1 Å². The summed E-state index contributed by atoms with van der Waals surface area (Å²) in [5, 5.41) is 3.04. The van der Waals surface area contributed by atoms with Crippen LogP contribution in [0.5, 0.6) is 5.75 Å². The molecule has 0 bridgehead atoms. The molecule has 1 aliphatic heterocycles. The van der Waals surface area contributed by atoms with Gasteiger partial charge in [0.05, 0.1) is 19.1 Å². The monoisotopic (exact) mass is 345 g/mol. The molecule has 5 heteroatoms. The molecular formula is C19H20FNO2S. The van der Waals surface area contributed by atoms with Gasteiger partial charge in [-0.05, 0) is 54.8 Å². The Morgan fingerprint density at radius 2 is 2.08 bits per heavy atom. The van der Waals surface area contributed by atoms with Crippen molar-refractivity contribution in [3.8, 4) is 5.75 Å². The fourth-order valence-corrected chi connectivity index (χ4v) is 3.92. The van der Waals surface area contributed by atoms with Crippen LogP contribution in [0.4, 0.5) is 4.39 Å². The van der Waals surface area contributed by atoms with Crippen molar-refractivity contribution >= 4 is 17.7 Å². The highest BCUT2D eigenvalue weighted by Crippen LogP contribution is 2.36. The average molecular weight is 345 g/mol. The van der Waals surface area contributed by atoms with E-state index in [0.29, 0.717) is 13.0 Å². The smallest absolute Gasteiger partial charge is 0.224 e. The minimum Gasteiger partial charge on any atom is -0.494 e. The molecule has 0 aromatic heterocycles. The second-order valence-electron chi connectivity index (χ2n) is 5.69. The topological polar surface area (TPSA) is 38.3 Å². The van der Waals surface area contributed by atoms with Crippen LogP contribution in [-0.2, 0) is 11.2 Å². The van der Waals surface area contributed by atoms with Gasteiger partial charge in [0.25, 0.3) is 0 Å². The Hall–Kier alpha value is -2.01. The Balaban J connectivity index is 1.64. The summed E-state index contributed by atoms with van der Waals surface area (Å²) in [6, 6.07) is 12.2. The molecule has 0 saturated carbocycles. The lowest BCUT2D eigenvalue weighted by Crippen LogP contribution is -2.31. The molecule has 2 aromatic carbocycles. The van der Waals surface area contributed by atoms with Gasteiger partial charge >= 0.3 is 0 Å². The van der Waals surface area contributed by atoms with E-state index in [1.54, 1.807) is 17.8 Å². The highest BCUT2D eigenvalue weighted by molar-refractivity contribution is 7.99. The molecule has 0 aliphatic carbocycles. The van der Waals surface area contributed by atoms with E-state index in [2.05, 4.69) is 5.32 Å². The molecule has 3 nitrogen and oxygen atoms in total. The maximum Gasteiger partial charge on any atom is 0.224 e. The van der Waals surface area contributed by atoms with Gasteiger partial charge in [0.1, 0.15) is 11.6 Å². The van der Waals surface area contributed by atoms with Gasteiger partial charge in [-0.2, -0.15) is 0 Å². The molecule has 0 fully saturated rings. The Kier molecular flexibility index (Phi) is 5.41. The number of hydrogen-bond acceptors (Lipinski definition) is 3. The van der Waals surface area contributed by atoms with E-state index in [0.717, 1.165) is 33.9 Å². The van der Waals surface area contributed by atoms with Gasteiger partial charge in [-0.3, -0.25) is 4.79 Å². The van der Waals surface area contributed by atoms with E-state index in [1.165, 1.54) is 12.1 Å². The largest absolute Gasteiger partial charge is 0.494 e. The van der Waals surface area contributed by atoms with Crippen molar-refractivity contribution in [3.63, 3.8) is 0 Å². The van der Waals surface area contributed by atoms with E-state index >= 15 is 0 Å². The summed E-state index contributed by atoms with van der Waals surface area (Å²) in [5.41, 5.74) is 1.81. The summed E-state index contributed by atoms with van der Waals surface area (Å²) < 4.78 is 18.9. The maximum atomic E-state index is 13.5. The van der Waals surface area contributed by atoms with Crippen LogP contribution in [0.15, 0.2) is 47.4 Å². The van der Waals surface area contributed by atoms with Crippen LogP contribution in [0, 0.1) is 5.82 Å². The fourth-order valence-electron chi connectivity index (χ4n) is 2.82. The normalized spacial score (nSPS) is 16.3. The summed E-state index contributed by atoms with van der Waals surface area (Å²) >= 11 is 1.71. The summed E-state index contributed by atoms with van der Waals surface area (Å²) in [4.78, 5) is 13.4. The Morgan fingerprint density at radius 1 is 1.29 bits per heavy atom. The lowest BCUT2D eigenvalue weighted by Gasteiger charge is -2.26. The molecule has 1 amide bonds. The van der Waals surface area contributed by atoms with Crippen molar-refractivity contribution in [2.75, 3.05) is 12.4 Å². The second kappa shape index (κ2) is 7.71. The number of carbonyl (C=O) groups excluding carboxylic acids is 1. The number of nitrogens with one attached hydrogen (secondary N) is 1. The molecule has 24 heavy (non-hydrogen) atoms. The van der Waals surface area contributed by atoms with Crippen LogP contribution in [-0.4, -0.2) is 18.3 Å². The van der Waals surface area contributed by atoms with Crippen molar-refractivity contribution in [3.05, 3.63) is 59.4 Å². The molecule has 1 N–H and O–H groups in total. The molecular weight excluding hydrogens is 325 g/mol. The predicted octanol–water partition coefficient (Wildman–Crippen LogP) is 4.12. The number of hydrogen-bond donors (Lipinski definition) is 1. The number of fused-ring (bicyclic) bond motifs is 1. The van der Waals surface area contributed by atoms with E-state index in [-0.39, 0.29) is 17.8 Å². The number of carbonyl (C=O) groups is 1. The van der Waals surface area contributed by atoms with E-state index in [1.807, 2.05) is 31.2 Å². The summed E-state index contributed by atoms with van der Waals surface area (Å²) in [5.74, 6) is 1.41. The number of ether oxygens (including phenoxy) is 1. The van der Waals surface area contributed by atoms with Crippen molar-refractivity contribution in [1.82, 2.24) is 5.32 Å². The quantitative estimate of drug-likeness (QED) is 0.886. The third kappa shape index (κ3) is 4.09. The predicted molar refractivity (Wildman–Crippen MR) is 93.9 cm³/mol. The minimum atomic E-state index is -0.262. The SMILES string of the molecule is CCOc1ccc(CC(=O)NC2CCSc3ccc(F)cc32)cc1. The molecule has 126 valence electrons. The van der Waals surface area contributed by atoms with Crippen molar-refractivity contribution in [2.45, 2.75) is 30.7 Å². The van der Waals surface area contributed by atoms with Gasteiger partial charge in [-0.15, -0.1) is 11.8 Å². The zero-order valence-electron chi connectivity index (χ0n) is 13.5. The Bertz CT molecular complexity index is 718. The van der Waals surface area contributed by atoms with Crippen LogP contribution < -0.4 is 10.1 Å². The maximum absolute atomic E-state index is 13.5. The van der Waals surface area contributed by atoms with Crippen LogP contribution in [0.1, 0.15) is 30.5 Å². The Morgan fingerprint density at radius 3 is 2.83 bits per heavy atom. The van der Waals surface area contributed by atoms with Gasteiger partial charge in [-0.25, -0.2) is 4.39 Å². The molecule has 1 atom stereocenters. The van der Waals surface area contributed by atoms with Gasteiger partial charge < -0.3 is 10.1 Å². The third-order valence-corrected chi connectivity index (χ3v) is 5.07. The summed E-state index contributed by atoms with van der Waals surface area (Å²) in [6.07, 6.45) is 1.12. The Labute approximate surface area is 145 Å². The van der Waals surface area contributed by atoms with Crippen LogP contribution in [0.25, 0.3) is 0 Å². The van der Waals surface area contributed by atoms with Gasteiger partial charge in [0, 0.05) is 10.6 Å². The zero-order chi connectivity index (χ0) is 16.9. The number of benzene rings is 2. The van der Waals surface area contributed by atoms with E-state index < -0.39 is 0 Å². The third-order valence-electron chi connectivity index (χ3n) is 3.95. The zero-order valence-corrected chi connectivity index (χ0v) is 14.4. The average Bonchev–Trinajstić information content (AvgIpc) is 2.57. The lowest BCUT2D eigenvalue weighted by atomic mass is 10.0. The van der Waals surface area contributed by atoms with Gasteiger partial charge in [0.15, 0.2) is 0 Å². The highest BCUT2D eigenvalue weighted by atomic mass is 32.2. The molecule has 0 spiro atoms. The summed E-state index contributed by atoms with van der Waals surface area (Å²) in [7, 11) is 0. The van der Waals surface area contributed by atoms with Gasteiger partial charge in [0.2, 0.25) is 5.91 Å². The standard InChI is InChI=1S/C19H20FNO2S/c1-2-23-15-6-3-13(4-7-15)11-19(22)21-17-9-10-24-18-8-5-14(20)12-16(17)18/h3-8,12,17H,2,9-11H2,1H3,(H,21,22). The molecule has 2 aromatic rings. The van der Waals surface area contributed by atoms with E-state index in [4.69, 9.17) is 4.74 Å². The molecule has 1 aliphatic rings. The minimum absolute atomic E-state index is 0.0497. The molecule has 1 unspecified atom stereocenters. The fraction of sp³-hybridized carbons (Fsp3) is 0.316. The van der Waals surface area contributed by atoms with Crippen molar-refractivity contribution < 1.29 is 13.9 Å². The highest BCUT2D eigenvalue weighted by Gasteiger charge is 2.22. The first-order valence-electron chi connectivity index (χ1n) is 8.09. The number of amides is 1. The number of thioether (sulfide) groups is 1. The number of rotatable bonds is 5. The van der Waals surface area contributed by atoms with Crippen LogP contribution >= 0.6 is 11.8 Å². The first-order chi connectivity index (χ1) is 11.7.